The highest BCUT2D eigenvalue weighted by molar-refractivity contribution is 6.31. The van der Waals surface area contributed by atoms with E-state index in [0.717, 1.165) is 43.2 Å². The third kappa shape index (κ3) is 4.03. The van der Waals surface area contributed by atoms with E-state index in [9.17, 15) is 0 Å². The summed E-state index contributed by atoms with van der Waals surface area (Å²) in [7, 11) is 0. The summed E-state index contributed by atoms with van der Waals surface area (Å²) < 4.78 is 0. The van der Waals surface area contributed by atoms with Gasteiger partial charge in [0.1, 0.15) is 0 Å². The van der Waals surface area contributed by atoms with Crippen LogP contribution in [0.25, 0.3) is 0 Å². The van der Waals surface area contributed by atoms with Crippen LogP contribution in [-0.2, 0) is 6.42 Å². The van der Waals surface area contributed by atoms with Gasteiger partial charge in [-0.1, -0.05) is 41.6 Å². The van der Waals surface area contributed by atoms with Crippen molar-refractivity contribution in [2.75, 3.05) is 26.2 Å². The maximum Gasteiger partial charge on any atom is 0.0602 e. The van der Waals surface area contributed by atoms with Gasteiger partial charge in [0, 0.05) is 37.1 Å². The van der Waals surface area contributed by atoms with Gasteiger partial charge in [-0.2, -0.15) is 0 Å². The van der Waals surface area contributed by atoms with Gasteiger partial charge in [0.2, 0.25) is 0 Å². The molecule has 1 aromatic rings. The fourth-order valence-electron chi connectivity index (χ4n) is 2.12. The molecule has 2 nitrogen and oxygen atoms in total. The molecule has 0 radical (unpaired) electrons. The molecule has 0 aliphatic carbocycles. The summed E-state index contributed by atoms with van der Waals surface area (Å²) in [6.45, 7) is 6.30. The minimum absolute atomic E-state index is 0.573. The summed E-state index contributed by atoms with van der Waals surface area (Å²) in [5.41, 5.74) is 1.11. The molecule has 0 saturated carbocycles. The summed E-state index contributed by atoms with van der Waals surface area (Å²) in [5.74, 6) is 6.45. The summed E-state index contributed by atoms with van der Waals surface area (Å²) in [5, 5.41) is 4.24. The van der Waals surface area contributed by atoms with Crippen LogP contribution in [0.3, 0.4) is 0 Å². The number of rotatable bonds is 2. The molecule has 1 aliphatic heterocycles. The molecule has 0 spiro atoms. The van der Waals surface area contributed by atoms with Gasteiger partial charge in [-0.3, -0.25) is 4.90 Å². The van der Waals surface area contributed by atoms with Crippen LogP contribution in [0.1, 0.15) is 12.5 Å². The van der Waals surface area contributed by atoms with Gasteiger partial charge in [-0.15, -0.1) is 0 Å². The first-order valence-electron chi connectivity index (χ1n) is 6.40. The first kappa shape index (κ1) is 13.4. The van der Waals surface area contributed by atoms with E-state index in [4.69, 9.17) is 11.6 Å². The summed E-state index contributed by atoms with van der Waals surface area (Å²) in [6.07, 6.45) is 0.737. The Morgan fingerprint density at radius 3 is 3.00 bits per heavy atom. The third-order valence-electron chi connectivity index (χ3n) is 3.12. The number of piperazine rings is 1. The van der Waals surface area contributed by atoms with Gasteiger partial charge in [-0.25, -0.2) is 0 Å². The van der Waals surface area contributed by atoms with Crippen LogP contribution < -0.4 is 5.32 Å². The molecule has 1 aromatic carbocycles. The highest BCUT2D eigenvalue weighted by Gasteiger charge is 2.13. The molecule has 0 amide bonds. The van der Waals surface area contributed by atoms with Gasteiger partial charge in [-0.05, 0) is 18.6 Å². The molecule has 0 aromatic heterocycles. The van der Waals surface area contributed by atoms with Crippen molar-refractivity contribution in [3.05, 3.63) is 34.9 Å². The fraction of sp³-hybridized carbons (Fsp3) is 0.467. The van der Waals surface area contributed by atoms with Gasteiger partial charge < -0.3 is 5.32 Å². The van der Waals surface area contributed by atoms with Crippen LogP contribution in [-0.4, -0.2) is 37.1 Å². The van der Waals surface area contributed by atoms with Crippen molar-refractivity contribution in [3.8, 4) is 11.8 Å². The Hall–Kier alpha value is -1.01. The molecule has 18 heavy (non-hydrogen) atoms. The second kappa shape index (κ2) is 6.80. The van der Waals surface area contributed by atoms with E-state index < -0.39 is 0 Å². The number of hydrogen-bond acceptors (Lipinski definition) is 2. The molecule has 1 saturated heterocycles. The van der Waals surface area contributed by atoms with E-state index in [1.165, 1.54) is 0 Å². The van der Waals surface area contributed by atoms with Crippen molar-refractivity contribution in [2.45, 2.75) is 19.4 Å². The molecule has 1 heterocycles. The maximum absolute atomic E-state index is 6.08. The number of nitrogens with one attached hydrogen (secondary N) is 1. The fourth-order valence-corrected chi connectivity index (χ4v) is 2.33. The molecule has 1 aliphatic rings. The van der Waals surface area contributed by atoms with Crippen LogP contribution in [0.4, 0.5) is 0 Å². The summed E-state index contributed by atoms with van der Waals surface area (Å²) in [6, 6.07) is 8.46. The van der Waals surface area contributed by atoms with Crippen molar-refractivity contribution in [2.24, 2.45) is 0 Å². The topological polar surface area (TPSA) is 15.3 Å². The zero-order chi connectivity index (χ0) is 12.8. The first-order valence-corrected chi connectivity index (χ1v) is 6.78. The maximum atomic E-state index is 6.08. The van der Waals surface area contributed by atoms with E-state index in [2.05, 4.69) is 29.0 Å². The molecular weight excluding hydrogens is 244 g/mol. The number of nitrogens with zero attached hydrogens (tertiary/aromatic N) is 1. The van der Waals surface area contributed by atoms with Crippen LogP contribution >= 0.6 is 11.6 Å². The lowest BCUT2D eigenvalue weighted by Gasteiger charge is -2.30. The van der Waals surface area contributed by atoms with Crippen molar-refractivity contribution >= 4 is 11.6 Å². The Balaban J connectivity index is 1.81. The van der Waals surface area contributed by atoms with Crippen LogP contribution in [0.2, 0.25) is 5.02 Å². The van der Waals surface area contributed by atoms with Crippen molar-refractivity contribution < 1.29 is 0 Å². The van der Waals surface area contributed by atoms with Gasteiger partial charge in [0.25, 0.3) is 0 Å². The second-order valence-electron chi connectivity index (χ2n) is 4.71. The molecule has 96 valence electrons. The average Bonchev–Trinajstić information content (AvgIpc) is 2.37. The molecule has 1 fully saturated rings. The minimum Gasteiger partial charge on any atom is -0.312 e. The first-order chi connectivity index (χ1) is 8.75. The van der Waals surface area contributed by atoms with Crippen LogP contribution in [0.5, 0.6) is 0 Å². The van der Waals surface area contributed by atoms with E-state index in [1.807, 2.05) is 24.3 Å². The Labute approximate surface area is 114 Å². The SMILES string of the molecule is CC1CN(CC#CCc2ccccc2Cl)CCN1. The molecular formula is C15H19ClN2. The highest BCUT2D eigenvalue weighted by atomic mass is 35.5. The smallest absolute Gasteiger partial charge is 0.0602 e. The molecule has 2 rings (SSSR count). The number of hydrogen-bond donors (Lipinski definition) is 1. The van der Waals surface area contributed by atoms with Gasteiger partial charge in [0.05, 0.1) is 6.54 Å². The van der Waals surface area contributed by atoms with Crippen molar-refractivity contribution in [1.82, 2.24) is 10.2 Å². The van der Waals surface area contributed by atoms with Gasteiger partial charge in [0.15, 0.2) is 0 Å². The minimum atomic E-state index is 0.573. The van der Waals surface area contributed by atoms with Gasteiger partial charge >= 0.3 is 0 Å². The number of halogens is 1. The normalized spacial score (nSPS) is 20.2. The lowest BCUT2D eigenvalue weighted by Crippen LogP contribution is -2.49. The Bertz CT molecular complexity index is 447. The predicted molar refractivity (Wildman–Crippen MR) is 76.8 cm³/mol. The zero-order valence-electron chi connectivity index (χ0n) is 10.7. The summed E-state index contributed by atoms with van der Waals surface area (Å²) in [4.78, 5) is 2.39. The molecule has 3 heteroatoms. The lowest BCUT2D eigenvalue weighted by atomic mass is 10.1. The molecule has 0 bridgehead atoms. The van der Waals surface area contributed by atoms with E-state index in [0.29, 0.717) is 6.04 Å². The Morgan fingerprint density at radius 1 is 1.39 bits per heavy atom. The molecule has 1 unspecified atom stereocenters. The molecule has 1 atom stereocenters. The highest BCUT2D eigenvalue weighted by Crippen LogP contribution is 2.14. The van der Waals surface area contributed by atoms with Crippen LogP contribution in [0, 0.1) is 11.8 Å². The monoisotopic (exact) mass is 262 g/mol. The predicted octanol–water partition coefficient (Wildman–Crippen LogP) is 2.18. The Kier molecular flexibility index (Phi) is 5.07. The molecule has 1 N–H and O–H groups in total. The quantitative estimate of drug-likeness (QED) is 0.822. The Morgan fingerprint density at radius 2 is 2.22 bits per heavy atom. The second-order valence-corrected chi connectivity index (χ2v) is 5.12. The standard InChI is InChI=1S/C15H19ClN2/c1-13-12-18(11-9-17-13)10-5-4-7-14-6-2-3-8-15(14)16/h2-3,6,8,13,17H,7,9-12H2,1H3. The van der Waals surface area contributed by atoms with E-state index in [-0.39, 0.29) is 0 Å². The van der Waals surface area contributed by atoms with Crippen molar-refractivity contribution in [3.63, 3.8) is 0 Å². The lowest BCUT2D eigenvalue weighted by molar-refractivity contribution is 0.229. The largest absolute Gasteiger partial charge is 0.312 e. The average molecular weight is 263 g/mol. The zero-order valence-corrected chi connectivity index (χ0v) is 11.5. The van der Waals surface area contributed by atoms with E-state index >= 15 is 0 Å². The van der Waals surface area contributed by atoms with Crippen LogP contribution in [0.15, 0.2) is 24.3 Å². The van der Waals surface area contributed by atoms with Crippen molar-refractivity contribution in [1.29, 1.82) is 0 Å². The summed E-state index contributed by atoms with van der Waals surface area (Å²) >= 11 is 6.08. The van der Waals surface area contributed by atoms with E-state index in [1.54, 1.807) is 0 Å². The number of benzene rings is 1. The third-order valence-corrected chi connectivity index (χ3v) is 3.49.